The monoisotopic (exact) mass is 203 g/mol. The number of nitrogens with two attached hydrogens (primary N) is 2. The Labute approximate surface area is 84.8 Å². The second-order valence-electron chi connectivity index (χ2n) is 3.09. The van der Waals surface area contributed by atoms with Crippen LogP contribution in [0.5, 0.6) is 0 Å². The lowest BCUT2D eigenvalue weighted by molar-refractivity contribution is -0.138. The van der Waals surface area contributed by atoms with Gasteiger partial charge in [0.2, 0.25) is 0 Å². The van der Waals surface area contributed by atoms with Crippen molar-refractivity contribution in [3.8, 4) is 0 Å². The highest BCUT2D eigenvalue weighted by Gasteiger charge is 2.10. The molecule has 0 spiro atoms. The van der Waals surface area contributed by atoms with Crippen LogP contribution in [0.15, 0.2) is 0 Å². The highest BCUT2D eigenvalue weighted by molar-refractivity contribution is 5.74. The fourth-order valence-electron chi connectivity index (χ4n) is 0.911. The van der Waals surface area contributed by atoms with Crippen LogP contribution in [0.2, 0.25) is 0 Å². The Bertz CT molecular complexity index is 225. The molecule has 0 rings (SSSR count). The van der Waals surface area contributed by atoms with Crippen molar-refractivity contribution >= 4 is 11.9 Å². The first kappa shape index (κ1) is 10.8. The topological polar surface area (TPSA) is 116 Å². The van der Waals surface area contributed by atoms with Crippen LogP contribution in [0.4, 0.5) is 0 Å². The van der Waals surface area contributed by atoms with Gasteiger partial charge >= 0.3 is 5.97 Å². The normalized spacial score (nSPS) is 13.1. The number of unbranched alkanes of at least 4 members (excludes halogenated alkanes) is 1. The molecule has 14 heavy (non-hydrogen) atoms. The number of rotatable bonds is 6. The van der Waals surface area contributed by atoms with Crippen molar-refractivity contribution in [1.82, 2.24) is 4.90 Å². The molecule has 0 heterocycles. The number of aliphatic carboxylic acids is 1. The van der Waals surface area contributed by atoms with Crippen LogP contribution in [-0.2, 0) is 4.79 Å². The lowest BCUT2D eigenvalue weighted by Gasteiger charge is -2.16. The molecular weight excluding hydrogens is 184 g/mol. The van der Waals surface area contributed by atoms with Crippen LogP contribution in [0.3, 0.4) is 0 Å². The van der Waals surface area contributed by atoms with Gasteiger partial charge in [-0.25, -0.2) is 0 Å². The van der Waals surface area contributed by atoms with Gasteiger partial charge in [0.25, 0.3) is 0 Å². The Hall–Kier alpha value is -1.30. The minimum absolute atomic E-state index is 0.0552. The number of carboxylic acid groups (broad SMARTS) is 1. The highest BCUT2D eigenvalue weighted by atomic mass is 16.4. The maximum Gasteiger partial charge on any atom is 0.320 e. The van der Waals surface area contributed by atoms with E-state index in [1.165, 1.54) is 4.90 Å². The molecule has 0 radical (unpaired) electrons. The Morgan fingerprint density at radius 3 is 2.79 bits per heavy atom. The van der Waals surface area contributed by atoms with Gasteiger partial charge in [0.15, 0.2) is 5.96 Å². The second kappa shape index (κ2) is 6.20. The molecule has 0 fully saturated rings. The summed E-state index contributed by atoms with van der Waals surface area (Å²) in [5.74, 6) is -1.13. The van der Waals surface area contributed by atoms with Gasteiger partial charge in [-0.1, -0.05) is 0 Å². The summed E-state index contributed by atoms with van der Waals surface area (Å²) in [5, 5.41) is 15.6. The number of carbonyl (C=O) groups is 1. The average molecular weight is 203 g/mol. The number of carboxylic acids is 1. The van der Waals surface area contributed by atoms with Crippen LogP contribution in [0.1, 0.15) is 20.6 Å². The van der Waals surface area contributed by atoms with Gasteiger partial charge < -0.3 is 21.5 Å². The molecule has 0 aromatic carbocycles. The van der Waals surface area contributed by atoms with Gasteiger partial charge in [0, 0.05) is 14.9 Å². The van der Waals surface area contributed by atoms with Crippen molar-refractivity contribution in [2.75, 3.05) is 13.6 Å². The zero-order valence-corrected chi connectivity index (χ0v) is 8.07. The Morgan fingerprint density at radius 1 is 1.71 bits per heavy atom. The van der Waals surface area contributed by atoms with Crippen LogP contribution in [0, 0.1) is 5.41 Å². The van der Waals surface area contributed by atoms with Crippen LogP contribution >= 0.6 is 0 Å². The largest absolute Gasteiger partial charge is 0.480 e. The van der Waals surface area contributed by atoms with Gasteiger partial charge in [-0.2, -0.15) is 0 Å². The third-order valence-corrected chi connectivity index (χ3v) is 1.85. The van der Waals surface area contributed by atoms with Gasteiger partial charge in [0.05, 0.1) is 0 Å². The summed E-state index contributed by atoms with van der Waals surface area (Å²) in [5.41, 5.74) is 10.5. The third-order valence-electron chi connectivity index (χ3n) is 1.85. The van der Waals surface area contributed by atoms with E-state index in [1.54, 1.807) is 0 Å². The molecule has 0 unspecified atom stereocenters. The summed E-state index contributed by atoms with van der Waals surface area (Å²) in [7, 11) is -0.0552. The van der Waals surface area contributed by atoms with E-state index in [4.69, 9.17) is 23.4 Å². The maximum absolute atomic E-state index is 10.4. The number of nitrogens with zero attached hydrogens (tertiary/aromatic N) is 1. The molecule has 6 nitrogen and oxygen atoms in total. The lowest BCUT2D eigenvalue weighted by atomic mass is 10.1. The molecule has 82 valence electrons. The van der Waals surface area contributed by atoms with E-state index < -0.39 is 12.0 Å². The van der Waals surface area contributed by atoms with Crippen molar-refractivity contribution in [2.24, 2.45) is 11.5 Å². The molecule has 6 heteroatoms. The van der Waals surface area contributed by atoms with E-state index in [0.29, 0.717) is 25.8 Å². The summed E-state index contributed by atoms with van der Waals surface area (Å²) in [6.45, 7) is 0.491. The summed E-state index contributed by atoms with van der Waals surface area (Å²) >= 11 is 0. The standard InChI is InChI=1S/C8H18N4O2/c1-12(8(10)11)5-3-2-4-6(9)7(13)14/h6H,2-5,9H2,1H3,(H3,10,11)(H,13,14)/t6-/m0/s1/i1D. The van der Waals surface area contributed by atoms with Crippen molar-refractivity contribution in [3.63, 3.8) is 0 Å². The fraction of sp³-hybridized carbons (Fsp3) is 0.750. The minimum Gasteiger partial charge on any atom is -0.480 e. The first-order chi connectivity index (χ1) is 6.99. The highest BCUT2D eigenvalue weighted by Crippen LogP contribution is 2.00. The Kier molecular flexibility index (Phi) is 4.77. The predicted octanol–water partition coefficient (Wildman–Crippen LogP) is -0.606. The third kappa shape index (κ3) is 5.36. The fourth-order valence-corrected chi connectivity index (χ4v) is 0.911. The summed E-state index contributed by atoms with van der Waals surface area (Å²) in [6, 6.07) is -0.827. The van der Waals surface area contributed by atoms with E-state index in [-0.39, 0.29) is 13.0 Å². The quantitative estimate of drug-likeness (QED) is 0.261. The molecule has 1 atom stereocenters. The molecule has 0 amide bonds. The van der Waals surface area contributed by atoms with Crippen LogP contribution < -0.4 is 11.5 Å². The van der Waals surface area contributed by atoms with Crippen LogP contribution in [-0.4, -0.2) is 41.5 Å². The zero-order valence-electron chi connectivity index (χ0n) is 9.07. The number of guanidine groups is 1. The maximum atomic E-state index is 10.4. The molecule has 6 N–H and O–H groups in total. The molecule has 0 aromatic rings. The Balaban J connectivity index is 3.61. The molecule has 0 saturated heterocycles. The average Bonchev–Trinajstić information content (AvgIpc) is 2.16. The smallest absolute Gasteiger partial charge is 0.320 e. The molecule has 0 saturated carbocycles. The molecule has 0 aromatic heterocycles. The summed E-state index contributed by atoms with van der Waals surface area (Å²) in [4.78, 5) is 11.8. The van der Waals surface area contributed by atoms with Crippen LogP contribution in [0.25, 0.3) is 0 Å². The molecule has 0 aliphatic rings. The van der Waals surface area contributed by atoms with E-state index >= 15 is 0 Å². The van der Waals surface area contributed by atoms with Crippen molar-refractivity contribution in [2.45, 2.75) is 25.3 Å². The summed E-state index contributed by atoms with van der Waals surface area (Å²) < 4.78 is 7.06. The lowest BCUT2D eigenvalue weighted by Crippen LogP contribution is -2.34. The number of hydrogen-bond acceptors (Lipinski definition) is 3. The zero-order chi connectivity index (χ0) is 11.8. The van der Waals surface area contributed by atoms with E-state index in [0.717, 1.165) is 0 Å². The predicted molar refractivity (Wildman–Crippen MR) is 54.0 cm³/mol. The molecule has 0 aliphatic heterocycles. The molecule has 0 bridgehead atoms. The minimum atomic E-state index is -1.00. The van der Waals surface area contributed by atoms with Crippen molar-refractivity contribution < 1.29 is 11.3 Å². The van der Waals surface area contributed by atoms with E-state index in [2.05, 4.69) is 0 Å². The van der Waals surface area contributed by atoms with Crippen molar-refractivity contribution in [1.29, 1.82) is 5.41 Å². The molecule has 0 aliphatic carbocycles. The number of hydrogen-bond donors (Lipinski definition) is 4. The second-order valence-corrected chi connectivity index (χ2v) is 3.09. The van der Waals surface area contributed by atoms with Gasteiger partial charge in [0.1, 0.15) is 6.04 Å². The summed E-state index contributed by atoms with van der Waals surface area (Å²) in [6.07, 6.45) is 1.73. The van der Waals surface area contributed by atoms with Gasteiger partial charge in [-0.3, -0.25) is 10.2 Å². The van der Waals surface area contributed by atoms with Gasteiger partial charge in [-0.05, 0) is 19.3 Å². The van der Waals surface area contributed by atoms with Crippen molar-refractivity contribution in [3.05, 3.63) is 0 Å². The molecular formula is C8H18N4O2. The van der Waals surface area contributed by atoms with Gasteiger partial charge in [-0.15, -0.1) is 0 Å². The van der Waals surface area contributed by atoms with E-state index in [9.17, 15) is 4.79 Å². The first-order valence-corrected chi connectivity index (χ1v) is 4.35. The SMILES string of the molecule is [2H]CN(CCCC[C@H](N)C(=O)O)C(=N)N. The van der Waals surface area contributed by atoms with E-state index in [1.807, 2.05) is 0 Å². The first-order valence-electron chi connectivity index (χ1n) is 5.06. The Morgan fingerprint density at radius 2 is 2.36 bits per heavy atom. The number of nitrogens with one attached hydrogen (secondary N) is 1.